The SMILES string of the molecule is CCC12CC[C@H]3[C@@H](CCC4=CC(=O)C[C@@H](OC(C)=O)[C@@H]43)[C@@H]1CC[C@@H]2OC(C)=O. The van der Waals surface area contributed by atoms with E-state index in [4.69, 9.17) is 9.47 Å². The van der Waals surface area contributed by atoms with Gasteiger partial charge in [-0.2, -0.15) is 0 Å². The van der Waals surface area contributed by atoms with Crippen molar-refractivity contribution in [2.75, 3.05) is 0 Å². The van der Waals surface area contributed by atoms with E-state index in [-0.39, 0.29) is 41.3 Å². The summed E-state index contributed by atoms with van der Waals surface area (Å²) in [6, 6.07) is 0. The fourth-order valence-corrected chi connectivity index (χ4v) is 7.36. The summed E-state index contributed by atoms with van der Waals surface area (Å²) in [6.07, 6.45) is 9.10. The first-order valence-corrected chi connectivity index (χ1v) is 10.9. The molecule has 0 aromatic carbocycles. The van der Waals surface area contributed by atoms with Crippen LogP contribution in [0, 0.1) is 29.1 Å². The highest BCUT2D eigenvalue weighted by atomic mass is 16.5. The van der Waals surface area contributed by atoms with Gasteiger partial charge < -0.3 is 9.47 Å². The third-order valence-electron chi connectivity index (χ3n) is 8.22. The van der Waals surface area contributed by atoms with Crippen molar-refractivity contribution in [2.24, 2.45) is 29.1 Å². The fourth-order valence-electron chi connectivity index (χ4n) is 7.36. The van der Waals surface area contributed by atoms with Gasteiger partial charge in [-0.15, -0.1) is 0 Å². The van der Waals surface area contributed by atoms with Crippen LogP contribution in [-0.4, -0.2) is 29.9 Å². The van der Waals surface area contributed by atoms with Gasteiger partial charge in [0.1, 0.15) is 12.2 Å². The molecule has 28 heavy (non-hydrogen) atoms. The van der Waals surface area contributed by atoms with Gasteiger partial charge >= 0.3 is 11.9 Å². The van der Waals surface area contributed by atoms with E-state index in [0.29, 0.717) is 24.2 Å². The van der Waals surface area contributed by atoms with Crippen LogP contribution in [-0.2, 0) is 23.9 Å². The number of carbonyl (C=O) groups is 3. The standard InChI is InChI=1S/C23H32O5/c1-4-23-10-9-18-17(19(23)7-8-21(23)28-14(3)25)6-5-15-11-16(26)12-20(22(15)18)27-13(2)24/h11,17-22H,4-10,12H2,1-3H3/t17-,18+,19+,20-,21+,22+,23?/m1/s1. The summed E-state index contributed by atoms with van der Waals surface area (Å²) in [5.74, 6) is 1.37. The molecule has 0 N–H and O–H groups in total. The van der Waals surface area contributed by atoms with Crippen molar-refractivity contribution in [1.82, 2.24) is 0 Å². The van der Waals surface area contributed by atoms with Crippen molar-refractivity contribution in [3.63, 3.8) is 0 Å². The van der Waals surface area contributed by atoms with Crippen molar-refractivity contribution in [1.29, 1.82) is 0 Å². The van der Waals surface area contributed by atoms with Gasteiger partial charge in [0.25, 0.3) is 0 Å². The molecule has 5 nitrogen and oxygen atoms in total. The summed E-state index contributed by atoms with van der Waals surface area (Å²) < 4.78 is 11.4. The molecule has 0 radical (unpaired) electrons. The predicted octanol–water partition coefficient (Wildman–Crippen LogP) is 3.99. The average Bonchev–Trinajstić information content (AvgIpc) is 2.98. The van der Waals surface area contributed by atoms with Crippen LogP contribution < -0.4 is 0 Å². The second-order valence-electron chi connectivity index (χ2n) is 9.34. The number of ether oxygens (including phenoxy) is 2. The van der Waals surface area contributed by atoms with Crippen LogP contribution in [0.15, 0.2) is 11.6 Å². The minimum atomic E-state index is -0.308. The van der Waals surface area contributed by atoms with Gasteiger partial charge in [0, 0.05) is 31.6 Å². The molecule has 0 aliphatic heterocycles. The summed E-state index contributed by atoms with van der Waals surface area (Å²) in [7, 11) is 0. The Morgan fingerprint density at radius 1 is 1.07 bits per heavy atom. The van der Waals surface area contributed by atoms with Crippen LogP contribution in [0.3, 0.4) is 0 Å². The molecule has 3 fully saturated rings. The molecular formula is C23H32O5. The minimum Gasteiger partial charge on any atom is -0.462 e. The zero-order valence-electron chi connectivity index (χ0n) is 17.2. The maximum atomic E-state index is 12.2. The average molecular weight is 389 g/mol. The van der Waals surface area contributed by atoms with Gasteiger partial charge in [-0.1, -0.05) is 12.5 Å². The van der Waals surface area contributed by atoms with Gasteiger partial charge in [0.15, 0.2) is 5.78 Å². The van der Waals surface area contributed by atoms with Crippen LogP contribution in [0.1, 0.15) is 72.1 Å². The third-order valence-corrected chi connectivity index (χ3v) is 8.22. The smallest absolute Gasteiger partial charge is 0.302 e. The molecule has 4 aliphatic rings. The largest absolute Gasteiger partial charge is 0.462 e. The lowest BCUT2D eigenvalue weighted by Gasteiger charge is -2.55. The van der Waals surface area contributed by atoms with E-state index >= 15 is 0 Å². The van der Waals surface area contributed by atoms with E-state index < -0.39 is 0 Å². The summed E-state index contributed by atoms with van der Waals surface area (Å²) in [5, 5.41) is 0. The molecule has 0 saturated heterocycles. The number of fused-ring (bicyclic) bond motifs is 5. The van der Waals surface area contributed by atoms with Crippen molar-refractivity contribution in [3.05, 3.63) is 11.6 Å². The normalized spacial score (nSPS) is 42.0. The molecule has 5 heteroatoms. The quantitative estimate of drug-likeness (QED) is 0.684. The number of rotatable bonds is 3. The second-order valence-corrected chi connectivity index (χ2v) is 9.34. The zero-order chi connectivity index (χ0) is 20.1. The molecule has 0 bridgehead atoms. The zero-order valence-corrected chi connectivity index (χ0v) is 17.2. The number of hydrogen-bond donors (Lipinski definition) is 0. The first-order chi connectivity index (χ1) is 13.4. The molecular weight excluding hydrogens is 356 g/mol. The Bertz CT molecular complexity index is 710. The van der Waals surface area contributed by atoms with Crippen LogP contribution in [0.4, 0.5) is 0 Å². The number of esters is 2. The van der Waals surface area contributed by atoms with E-state index in [1.54, 1.807) is 0 Å². The highest BCUT2D eigenvalue weighted by molar-refractivity contribution is 5.92. The predicted molar refractivity (Wildman–Crippen MR) is 103 cm³/mol. The van der Waals surface area contributed by atoms with E-state index in [0.717, 1.165) is 44.9 Å². The van der Waals surface area contributed by atoms with Gasteiger partial charge in [-0.25, -0.2) is 0 Å². The van der Waals surface area contributed by atoms with E-state index in [1.807, 2.05) is 6.08 Å². The maximum Gasteiger partial charge on any atom is 0.302 e. The van der Waals surface area contributed by atoms with E-state index in [2.05, 4.69) is 6.92 Å². The second kappa shape index (κ2) is 7.31. The number of hydrogen-bond acceptors (Lipinski definition) is 5. The Balaban J connectivity index is 1.63. The number of ketones is 1. The van der Waals surface area contributed by atoms with Gasteiger partial charge in [-0.05, 0) is 68.8 Å². The summed E-state index contributed by atoms with van der Waals surface area (Å²) >= 11 is 0. The topological polar surface area (TPSA) is 69.7 Å². The molecule has 4 aliphatic carbocycles. The van der Waals surface area contributed by atoms with Gasteiger partial charge in [-0.3, -0.25) is 14.4 Å². The molecule has 154 valence electrons. The maximum absolute atomic E-state index is 12.2. The Morgan fingerprint density at radius 2 is 1.82 bits per heavy atom. The number of carbonyl (C=O) groups excluding carboxylic acids is 3. The third kappa shape index (κ3) is 3.11. The van der Waals surface area contributed by atoms with Crippen molar-refractivity contribution in [2.45, 2.75) is 84.3 Å². The van der Waals surface area contributed by atoms with E-state index in [9.17, 15) is 14.4 Å². The van der Waals surface area contributed by atoms with Crippen molar-refractivity contribution in [3.8, 4) is 0 Å². The Morgan fingerprint density at radius 3 is 2.50 bits per heavy atom. The summed E-state index contributed by atoms with van der Waals surface area (Å²) in [6.45, 7) is 5.19. The van der Waals surface area contributed by atoms with Crippen LogP contribution in [0.5, 0.6) is 0 Å². The Hall–Kier alpha value is -1.65. The summed E-state index contributed by atoms with van der Waals surface area (Å²) in [4.78, 5) is 35.5. The molecule has 0 aromatic rings. The minimum absolute atomic E-state index is 0.0371. The van der Waals surface area contributed by atoms with Crippen LogP contribution in [0.25, 0.3) is 0 Å². The van der Waals surface area contributed by atoms with Crippen molar-refractivity contribution < 1.29 is 23.9 Å². The van der Waals surface area contributed by atoms with Crippen LogP contribution >= 0.6 is 0 Å². The Kier molecular flexibility index (Phi) is 5.13. The highest BCUT2D eigenvalue weighted by Gasteiger charge is 2.60. The van der Waals surface area contributed by atoms with Gasteiger partial charge in [0.2, 0.25) is 0 Å². The lowest BCUT2D eigenvalue weighted by Crippen LogP contribution is -2.52. The fraction of sp³-hybridized carbons (Fsp3) is 0.783. The monoisotopic (exact) mass is 388 g/mol. The highest BCUT2D eigenvalue weighted by Crippen LogP contribution is 2.63. The molecule has 0 amide bonds. The molecule has 0 heterocycles. The molecule has 0 aromatic heterocycles. The molecule has 4 rings (SSSR count). The summed E-state index contributed by atoms with van der Waals surface area (Å²) in [5.41, 5.74) is 1.29. The van der Waals surface area contributed by atoms with Crippen molar-refractivity contribution >= 4 is 17.7 Å². The van der Waals surface area contributed by atoms with Gasteiger partial charge in [0.05, 0.1) is 0 Å². The first kappa shape index (κ1) is 19.7. The molecule has 1 unspecified atom stereocenters. The Labute approximate surface area is 167 Å². The lowest BCUT2D eigenvalue weighted by atomic mass is 9.50. The lowest BCUT2D eigenvalue weighted by molar-refractivity contribution is -0.161. The first-order valence-electron chi connectivity index (χ1n) is 10.9. The van der Waals surface area contributed by atoms with Crippen LogP contribution in [0.2, 0.25) is 0 Å². The molecule has 0 spiro atoms. The molecule has 7 atom stereocenters. The molecule has 3 saturated carbocycles. The van der Waals surface area contributed by atoms with E-state index in [1.165, 1.54) is 19.4 Å².